The molecule has 100 valence electrons. The highest BCUT2D eigenvalue weighted by atomic mass is 35.5. The summed E-state index contributed by atoms with van der Waals surface area (Å²) in [6.45, 7) is 1.90. The van der Waals surface area contributed by atoms with Crippen molar-refractivity contribution in [3.63, 3.8) is 0 Å². The second kappa shape index (κ2) is 5.79. The summed E-state index contributed by atoms with van der Waals surface area (Å²) in [6.07, 6.45) is 4.87. The van der Waals surface area contributed by atoms with Gasteiger partial charge in [-0.15, -0.1) is 0 Å². The largest absolute Gasteiger partial charge is 0.347 e. The number of amides is 1. The van der Waals surface area contributed by atoms with E-state index in [0.717, 1.165) is 12.3 Å². The average molecular weight is 283 g/mol. The molecular weight excluding hydrogens is 271 g/mol. The van der Waals surface area contributed by atoms with Crippen LogP contribution >= 0.6 is 11.6 Å². The SMILES string of the molecule is CCC(NC(=O)c1cc(F)cnc1Cl)c1ncc[nH]1. The van der Waals surface area contributed by atoms with E-state index in [-0.39, 0.29) is 16.8 Å². The summed E-state index contributed by atoms with van der Waals surface area (Å²) in [5.41, 5.74) is 0.00618. The molecule has 2 aromatic rings. The Morgan fingerprint density at radius 3 is 3.00 bits per heavy atom. The van der Waals surface area contributed by atoms with E-state index in [1.807, 2.05) is 6.92 Å². The molecule has 2 N–H and O–H groups in total. The zero-order valence-electron chi connectivity index (χ0n) is 10.2. The number of aromatic amines is 1. The van der Waals surface area contributed by atoms with E-state index in [4.69, 9.17) is 11.6 Å². The van der Waals surface area contributed by atoms with Gasteiger partial charge >= 0.3 is 0 Å². The summed E-state index contributed by atoms with van der Waals surface area (Å²) in [6, 6.07) is 0.765. The predicted molar refractivity (Wildman–Crippen MR) is 68.3 cm³/mol. The molecule has 0 aromatic carbocycles. The predicted octanol–water partition coefficient (Wildman–Crippen LogP) is 2.48. The van der Waals surface area contributed by atoms with E-state index >= 15 is 0 Å². The fourth-order valence-corrected chi connectivity index (χ4v) is 1.84. The van der Waals surface area contributed by atoms with Crippen LogP contribution in [0.1, 0.15) is 35.6 Å². The molecule has 0 radical (unpaired) electrons. The Kier molecular flexibility index (Phi) is 4.11. The van der Waals surface area contributed by atoms with Crippen molar-refractivity contribution in [1.82, 2.24) is 20.3 Å². The van der Waals surface area contributed by atoms with E-state index in [2.05, 4.69) is 20.3 Å². The fraction of sp³-hybridized carbons (Fsp3) is 0.250. The first-order valence-electron chi connectivity index (χ1n) is 5.73. The van der Waals surface area contributed by atoms with Gasteiger partial charge in [-0.3, -0.25) is 4.79 Å². The maximum atomic E-state index is 13.1. The van der Waals surface area contributed by atoms with Gasteiger partial charge in [0.25, 0.3) is 5.91 Å². The number of halogens is 2. The molecule has 0 fully saturated rings. The molecule has 0 saturated heterocycles. The molecule has 0 saturated carbocycles. The Morgan fingerprint density at radius 1 is 1.58 bits per heavy atom. The number of carbonyl (C=O) groups is 1. The van der Waals surface area contributed by atoms with E-state index in [9.17, 15) is 9.18 Å². The van der Waals surface area contributed by atoms with E-state index in [1.165, 1.54) is 0 Å². The number of H-pyrrole nitrogens is 1. The number of pyridine rings is 1. The van der Waals surface area contributed by atoms with Crippen LogP contribution < -0.4 is 5.32 Å². The number of rotatable bonds is 4. The summed E-state index contributed by atoms with van der Waals surface area (Å²) in [7, 11) is 0. The van der Waals surface area contributed by atoms with Gasteiger partial charge in [0.05, 0.1) is 17.8 Å². The molecule has 0 spiro atoms. The molecule has 0 aliphatic heterocycles. The number of hydrogen-bond acceptors (Lipinski definition) is 3. The Balaban J connectivity index is 2.18. The second-order valence-corrected chi connectivity index (χ2v) is 4.26. The first kappa shape index (κ1) is 13.5. The van der Waals surface area contributed by atoms with Crippen LogP contribution in [-0.4, -0.2) is 20.9 Å². The highest BCUT2D eigenvalue weighted by Crippen LogP contribution is 2.17. The molecule has 1 amide bonds. The molecule has 0 aliphatic carbocycles. The molecule has 19 heavy (non-hydrogen) atoms. The molecular formula is C12H12ClFN4O. The lowest BCUT2D eigenvalue weighted by atomic mass is 10.2. The summed E-state index contributed by atoms with van der Waals surface area (Å²) < 4.78 is 13.1. The topological polar surface area (TPSA) is 70.7 Å². The normalized spacial score (nSPS) is 12.2. The van der Waals surface area contributed by atoms with Gasteiger partial charge < -0.3 is 10.3 Å². The first-order chi connectivity index (χ1) is 9.11. The Hall–Kier alpha value is -1.95. The standard InChI is InChI=1S/C12H12ClFN4O/c1-2-9(11-15-3-4-16-11)18-12(19)8-5-7(14)6-17-10(8)13/h3-6,9H,2H2,1H3,(H,15,16)(H,18,19). The highest BCUT2D eigenvalue weighted by molar-refractivity contribution is 6.32. The number of carbonyl (C=O) groups excluding carboxylic acids is 1. The molecule has 1 atom stereocenters. The molecule has 2 aromatic heterocycles. The van der Waals surface area contributed by atoms with Gasteiger partial charge in [-0.2, -0.15) is 0 Å². The van der Waals surface area contributed by atoms with E-state index in [1.54, 1.807) is 12.4 Å². The van der Waals surface area contributed by atoms with Crippen molar-refractivity contribution in [3.05, 3.63) is 47.0 Å². The maximum Gasteiger partial charge on any atom is 0.255 e. The molecule has 5 nitrogen and oxygen atoms in total. The van der Waals surface area contributed by atoms with Crippen molar-refractivity contribution in [2.24, 2.45) is 0 Å². The van der Waals surface area contributed by atoms with Gasteiger partial charge in [0, 0.05) is 12.4 Å². The van der Waals surface area contributed by atoms with Crippen LogP contribution in [0.25, 0.3) is 0 Å². The van der Waals surface area contributed by atoms with Gasteiger partial charge in [-0.25, -0.2) is 14.4 Å². The van der Waals surface area contributed by atoms with Crippen molar-refractivity contribution in [3.8, 4) is 0 Å². The van der Waals surface area contributed by atoms with Crippen LogP contribution in [0.4, 0.5) is 4.39 Å². The lowest BCUT2D eigenvalue weighted by Crippen LogP contribution is -2.29. The minimum atomic E-state index is -0.611. The van der Waals surface area contributed by atoms with Gasteiger partial charge in [0.15, 0.2) is 0 Å². The molecule has 7 heteroatoms. The van der Waals surface area contributed by atoms with Gasteiger partial charge in [0.2, 0.25) is 0 Å². The summed E-state index contributed by atoms with van der Waals surface area (Å²) in [4.78, 5) is 22.6. The Bertz CT molecular complexity index is 573. The van der Waals surface area contributed by atoms with Crippen LogP contribution in [0.3, 0.4) is 0 Å². The summed E-state index contributed by atoms with van der Waals surface area (Å²) in [5, 5.41) is 2.70. The quantitative estimate of drug-likeness (QED) is 0.846. The highest BCUT2D eigenvalue weighted by Gasteiger charge is 2.18. The van der Waals surface area contributed by atoms with Gasteiger partial charge in [-0.05, 0) is 12.5 Å². The second-order valence-electron chi connectivity index (χ2n) is 3.90. The van der Waals surface area contributed by atoms with Crippen LogP contribution in [0.15, 0.2) is 24.7 Å². The third-order valence-electron chi connectivity index (χ3n) is 2.61. The van der Waals surface area contributed by atoms with Gasteiger partial charge in [0.1, 0.15) is 16.8 Å². The number of imidazole rings is 1. The number of aromatic nitrogens is 3. The third kappa shape index (κ3) is 3.08. The number of hydrogen-bond donors (Lipinski definition) is 2. The number of nitrogens with one attached hydrogen (secondary N) is 2. The molecule has 2 rings (SSSR count). The van der Waals surface area contributed by atoms with Gasteiger partial charge in [-0.1, -0.05) is 18.5 Å². The van der Waals surface area contributed by atoms with Crippen LogP contribution in [0.5, 0.6) is 0 Å². The molecule has 2 heterocycles. The van der Waals surface area contributed by atoms with Crippen molar-refractivity contribution >= 4 is 17.5 Å². The lowest BCUT2D eigenvalue weighted by Gasteiger charge is -2.15. The Labute approximate surface area is 114 Å². The minimum absolute atomic E-state index is 0.00618. The first-order valence-corrected chi connectivity index (χ1v) is 6.10. The molecule has 0 aliphatic rings. The van der Waals surface area contributed by atoms with Crippen molar-refractivity contribution in [2.75, 3.05) is 0 Å². The van der Waals surface area contributed by atoms with Crippen molar-refractivity contribution < 1.29 is 9.18 Å². The summed E-state index contributed by atoms with van der Waals surface area (Å²) in [5.74, 6) is -0.461. The summed E-state index contributed by atoms with van der Waals surface area (Å²) >= 11 is 5.78. The average Bonchev–Trinajstić information content (AvgIpc) is 2.92. The van der Waals surface area contributed by atoms with E-state index < -0.39 is 11.7 Å². The monoisotopic (exact) mass is 282 g/mol. The zero-order valence-corrected chi connectivity index (χ0v) is 10.9. The third-order valence-corrected chi connectivity index (χ3v) is 2.91. The van der Waals surface area contributed by atoms with Crippen molar-refractivity contribution in [2.45, 2.75) is 19.4 Å². The maximum absolute atomic E-state index is 13.1. The van der Waals surface area contributed by atoms with Crippen molar-refractivity contribution in [1.29, 1.82) is 0 Å². The lowest BCUT2D eigenvalue weighted by molar-refractivity contribution is 0.0933. The van der Waals surface area contributed by atoms with Crippen LogP contribution in [0.2, 0.25) is 5.15 Å². The smallest absolute Gasteiger partial charge is 0.255 e. The molecule has 1 unspecified atom stereocenters. The van der Waals surface area contributed by atoms with E-state index in [0.29, 0.717) is 12.2 Å². The zero-order chi connectivity index (χ0) is 13.8. The minimum Gasteiger partial charge on any atom is -0.347 e. The Morgan fingerprint density at radius 2 is 2.37 bits per heavy atom. The molecule has 0 bridgehead atoms. The van der Waals surface area contributed by atoms with Crippen LogP contribution in [-0.2, 0) is 0 Å². The van der Waals surface area contributed by atoms with Crippen LogP contribution in [0, 0.1) is 5.82 Å². The fourth-order valence-electron chi connectivity index (χ4n) is 1.65. The number of nitrogens with zero attached hydrogens (tertiary/aromatic N) is 2.